The fourth-order valence-electron chi connectivity index (χ4n) is 3.05. The third kappa shape index (κ3) is 7.95. The van der Waals surface area contributed by atoms with Crippen LogP contribution in [0, 0.1) is 0 Å². The van der Waals surface area contributed by atoms with Crippen LogP contribution < -0.4 is 5.73 Å². The third-order valence-corrected chi connectivity index (χ3v) is 10.2. The van der Waals surface area contributed by atoms with E-state index in [2.05, 4.69) is 33.9 Å². The maximum Gasteiger partial charge on any atom is 0.410 e. The Hall–Kier alpha value is -1.32. The summed E-state index contributed by atoms with van der Waals surface area (Å²) in [5.41, 5.74) is 4.89. The molecule has 9 heteroatoms. The number of piperazine rings is 1. The van der Waals surface area contributed by atoms with Crippen LogP contribution in [0.15, 0.2) is 0 Å². The number of rotatable bonds is 4. The first kappa shape index (κ1) is 27.7. The number of nitrogens with zero attached hydrogens (tertiary/aromatic N) is 2. The molecular formula is C22H45N3O5Si. The summed E-state index contributed by atoms with van der Waals surface area (Å²) in [6.45, 7) is 23.0. The normalized spacial score (nSPS) is 21.2. The molecule has 0 aromatic rings. The van der Waals surface area contributed by atoms with Gasteiger partial charge in [-0.3, -0.25) is 9.80 Å². The minimum absolute atomic E-state index is 0.0154. The number of nitrogens with two attached hydrogens (primary N) is 1. The van der Waals surface area contributed by atoms with Crippen LogP contribution in [0.3, 0.4) is 0 Å². The van der Waals surface area contributed by atoms with Gasteiger partial charge in [-0.05, 0) is 59.7 Å². The average Bonchev–Trinajstić information content (AvgIpc) is 2.54. The van der Waals surface area contributed by atoms with E-state index in [0.717, 1.165) is 0 Å². The van der Waals surface area contributed by atoms with Crippen molar-refractivity contribution in [2.24, 2.45) is 5.73 Å². The zero-order valence-electron chi connectivity index (χ0n) is 21.5. The van der Waals surface area contributed by atoms with Crippen LogP contribution >= 0.6 is 0 Å². The molecule has 2 amide bonds. The first-order chi connectivity index (χ1) is 13.8. The van der Waals surface area contributed by atoms with Crippen molar-refractivity contribution in [3.63, 3.8) is 0 Å². The van der Waals surface area contributed by atoms with E-state index >= 15 is 0 Å². The first-order valence-electron chi connectivity index (χ1n) is 11.1. The highest BCUT2D eigenvalue weighted by Gasteiger charge is 2.45. The van der Waals surface area contributed by atoms with Crippen molar-refractivity contribution in [1.29, 1.82) is 0 Å². The summed E-state index contributed by atoms with van der Waals surface area (Å²) in [5, 5.41) is 0.0154. The zero-order valence-corrected chi connectivity index (χ0v) is 22.5. The maximum atomic E-state index is 13.0. The topological polar surface area (TPSA) is 94.3 Å². The van der Waals surface area contributed by atoms with E-state index in [1.54, 1.807) is 9.80 Å². The standard InChI is InChI=1S/C22H45N3O5Si/c1-20(2,3)29-18(26)24-12-13-25(19(27)30-21(4,5)6)17(16(24)14-23)15-28-31(10,11)22(7,8)9/h16-17H,12-15,23H2,1-11H3/t16?,17-/m1/s1. The lowest BCUT2D eigenvalue weighted by Gasteiger charge is -2.48. The molecule has 0 aliphatic carbocycles. The highest BCUT2D eigenvalue weighted by Crippen LogP contribution is 2.37. The molecule has 2 atom stereocenters. The Morgan fingerprint density at radius 3 is 1.55 bits per heavy atom. The third-order valence-electron chi connectivity index (χ3n) is 5.75. The van der Waals surface area contributed by atoms with Crippen LogP contribution in [-0.4, -0.2) is 79.8 Å². The molecule has 0 saturated carbocycles. The highest BCUT2D eigenvalue weighted by atomic mass is 28.4. The Morgan fingerprint density at radius 1 is 0.839 bits per heavy atom. The monoisotopic (exact) mass is 459 g/mol. The van der Waals surface area contributed by atoms with E-state index < -0.39 is 43.8 Å². The molecule has 182 valence electrons. The van der Waals surface area contributed by atoms with Gasteiger partial charge in [-0.1, -0.05) is 20.8 Å². The fourth-order valence-corrected chi connectivity index (χ4v) is 4.07. The summed E-state index contributed by atoms with van der Waals surface area (Å²) >= 11 is 0. The van der Waals surface area contributed by atoms with Crippen LogP contribution in [-0.2, 0) is 13.9 Å². The van der Waals surface area contributed by atoms with Crippen molar-refractivity contribution >= 4 is 20.5 Å². The molecule has 1 heterocycles. The van der Waals surface area contributed by atoms with Crippen LogP contribution in [0.2, 0.25) is 18.1 Å². The molecule has 1 unspecified atom stereocenters. The molecule has 1 saturated heterocycles. The van der Waals surface area contributed by atoms with Gasteiger partial charge in [-0.15, -0.1) is 0 Å². The summed E-state index contributed by atoms with van der Waals surface area (Å²) in [6.07, 6.45) is -0.845. The van der Waals surface area contributed by atoms with E-state index in [4.69, 9.17) is 19.6 Å². The van der Waals surface area contributed by atoms with Gasteiger partial charge < -0.3 is 19.6 Å². The molecule has 0 aromatic carbocycles. The summed E-state index contributed by atoms with van der Waals surface area (Å²) in [7, 11) is -2.08. The second kappa shape index (κ2) is 9.66. The van der Waals surface area contributed by atoms with Crippen LogP contribution in [0.5, 0.6) is 0 Å². The number of hydrogen-bond donors (Lipinski definition) is 1. The van der Waals surface area contributed by atoms with E-state index in [1.807, 2.05) is 41.5 Å². The lowest BCUT2D eigenvalue weighted by atomic mass is 10.0. The van der Waals surface area contributed by atoms with Crippen LogP contribution in [0.4, 0.5) is 9.59 Å². The van der Waals surface area contributed by atoms with Gasteiger partial charge in [0.2, 0.25) is 0 Å². The van der Waals surface area contributed by atoms with Crippen molar-refractivity contribution in [2.45, 2.75) is 104 Å². The van der Waals surface area contributed by atoms with Gasteiger partial charge in [-0.2, -0.15) is 0 Å². The van der Waals surface area contributed by atoms with Crippen LogP contribution in [0.1, 0.15) is 62.3 Å². The summed E-state index contributed by atoms with van der Waals surface area (Å²) < 4.78 is 17.7. The molecule has 0 radical (unpaired) electrons. The van der Waals surface area contributed by atoms with E-state index in [9.17, 15) is 9.59 Å². The van der Waals surface area contributed by atoms with Crippen molar-refractivity contribution in [3.8, 4) is 0 Å². The summed E-state index contributed by atoms with van der Waals surface area (Å²) in [4.78, 5) is 29.2. The molecule has 1 aliphatic rings. The second-order valence-corrected chi connectivity index (χ2v) is 16.6. The SMILES string of the molecule is CC(C)(C)OC(=O)N1CCN(C(=O)OC(C)(C)C)[C@H](CO[Si](C)(C)C(C)(C)C)C1CN. The molecule has 1 rings (SSSR count). The van der Waals surface area contributed by atoms with E-state index in [1.165, 1.54) is 0 Å². The Bertz CT molecular complexity index is 635. The van der Waals surface area contributed by atoms with Gasteiger partial charge in [0.25, 0.3) is 0 Å². The number of carbonyl (C=O) groups is 2. The minimum Gasteiger partial charge on any atom is -0.444 e. The molecule has 0 bridgehead atoms. The van der Waals surface area contributed by atoms with Crippen molar-refractivity contribution in [2.75, 3.05) is 26.2 Å². The van der Waals surface area contributed by atoms with Gasteiger partial charge in [-0.25, -0.2) is 9.59 Å². The predicted molar refractivity (Wildman–Crippen MR) is 126 cm³/mol. The quantitative estimate of drug-likeness (QED) is 0.634. The predicted octanol–water partition coefficient (Wildman–Crippen LogP) is 4.19. The average molecular weight is 460 g/mol. The summed E-state index contributed by atoms with van der Waals surface area (Å²) in [6, 6.07) is -0.851. The number of carbonyl (C=O) groups excluding carboxylic acids is 2. The Kier molecular flexibility index (Phi) is 8.64. The Balaban J connectivity index is 3.20. The molecular weight excluding hydrogens is 414 g/mol. The van der Waals surface area contributed by atoms with Crippen molar-refractivity contribution in [3.05, 3.63) is 0 Å². The lowest BCUT2D eigenvalue weighted by Crippen LogP contribution is -2.67. The number of hydrogen-bond acceptors (Lipinski definition) is 6. The largest absolute Gasteiger partial charge is 0.444 e. The van der Waals surface area contributed by atoms with Crippen molar-refractivity contribution in [1.82, 2.24) is 9.80 Å². The van der Waals surface area contributed by atoms with Gasteiger partial charge in [0.1, 0.15) is 11.2 Å². The first-order valence-corrected chi connectivity index (χ1v) is 14.0. The second-order valence-electron chi connectivity index (χ2n) is 11.8. The molecule has 1 aliphatic heterocycles. The van der Waals surface area contributed by atoms with Gasteiger partial charge in [0, 0.05) is 19.6 Å². The highest BCUT2D eigenvalue weighted by molar-refractivity contribution is 6.74. The zero-order chi connectivity index (χ0) is 24.4. The molecule has 1 fully saturated rings. The van der Waals surface area contributed by atoms with Crippen molar-refractivity contribution < 1.29 is 23.5 Å². The smallest absolute Gasteiger partial charge is 0.410 e. The lowest BCUT2D eigenvalue weighted by molar-refractivity contribution is -0.0407. The van der Waals surface area contributed by atoms with Gasteiger partial charge >= 0.3 is 12.2 Å². The van der Waals surface area contributed by atoms with Gasteiger partial charge in [0.05, 0.1) is 18.7 Å². The molecule has 0 aromatic heterocycles. The molecule has 8 nitrogen and oxygen atoms in total. The van der Waals surface area contributed by atoms with E-state index in [-0.39, 0.29) is 18.2 Å². The Labute approximate surface area is 189 Å². The van der Waals surface area contributed by atoms with E-state index in [0.29, 0.717) is 13.1 Å². The number of ether oxygens (including phenoxy) is 2. The van der Waals surface area contributed by atoms with Gasteiger partial charge in [0.15, 0.2) is 8.32 Å². The Morgan fingerprint density at radius 2 is 1.23 bits per heavy atom. The fraction of sp³-hybridized carbons (Fsp3) is 0.909. The maximum absolute atomic E-state index is 13.0. The molecule has 0 spiro atoms. The molecule has 31 heavy (non-hydrogen) atoms. The molecule has 2 N–H and O–H groups in total. The van der Waals surface area contributed by atoms with Crippen LogP contribution in [0.25, 0.3) is 0 Å². The minimum atomic E-state index is -2.08. The number of amides is 2. The summed E-state index contributed by atoms with van der Waals surface area (Å²) in [5.74, 6) is 0.